The highest BCUT2D eigenvalue weighted by Gasteiger charge is 2.25. The van der Waals surface area contributed by atoms with E-state index in [1.807, 2.05) is 48.5 Å². The Bertz CT molecular complexity index is 1310. The molecule has 33 heavy (non-hydrogen) atoms. The second kappa shape index (κ2) is 9.16. The summed E-state index contributed by atoms with van der Waals surface area (Å²) < 4.78 is 11.2. The summed E-state index contributed by atoms with van der Waals surface area (Å²) in [6.07, 6.45) is 1.76. The number of ether oxygens (including phenoxy) is 1. The van der Waals surface area contributed by atoms with Crippen LogP contribution in [0.3, 0.4) is 0 Å². The number of piperazine rings is 1. The van der Waals surface area contributed by atoms with Crippen LogP contribution in [-0.4, -0.2) is 42.0 Å². The third-order valence-corrected chi connectivity index (χ3v) is 5.73. The summed E-state index contributed by atoms with van der Waals surface area (Å²) >= 11 is 0. The van der Waals surface area contributed by atoms with Crippen molar-refractivity contribution < 1.29 is 13.9 Å². The van der Waals surface area contributed by atoms with E-state index in [-0.39, 0.29) is 5.91 Å². The van der Waals surface area contributed by atoms with Gasteiger partial charge in [0.1, 0.15) is 23.8 Å². The van der Waals surface area contributed by atoms with Crippen LogP contribution in [0.15, 0.2) is 88.2 Å². The number of hydrogen-bond donors (Lipinski definition) is 0. The van der Waals surface area contributed by atoms with Gasteiger partial charge >= 0.3 is 5.63 Å². The van der Waals surface area contributed by atoms with E-state index >= 15 is 0 Å². The molecule has 2 aromatic carbocycles. The molecule has 1 aliphatic heterocycles. The molecule has 0 N–H and O–H groups in total. The van der Waals surface area contributed by atoms with Gasteiger partial charge in [-0.3, -0.25) is 4.79 Å². The Hall–Kier alpha value is -4.13. The molecule has 0 radical (unpaired) electrons. The van der Waals surface area contributed by atoms with Crippen LogP contribution in [0.1, 0.15) is 15.9 Å². The van der Waals surface area contributed by atoms with Gasteiger partial charge in [0.25, 0.3) is 5.91 Å². The molecule has 0 spiro atoms. The molecule has 0 atom stereocenters. The fraction of sp³-hybridized carbons (Fsp3) is 0.192. The Morgan fingerprint density at radius 1 is 0.939 bits per heavy atom. The fourth-order valence-corrected chi connectivity index (χ4v) is 4.00. The molecule has 7 nitrogen and oxygen atoms in total. The van der Waals surface area contributed by atoms with Gasteiger partial charge in [0, 0.05) is 49.9 Å². The van der Waals surface area contributed by atoms with Gasteiger partial charge in [-0.25, -0.2) is 9.78 Å². The molecular weight excluding hydrogens is 418 g/mol. The normalized spacial score (nSPS) is 13.8. The second-order valence-electron chi connectivity index (χ2n) is 7.88. The van der Waals surface area contributed by atoms with Crippen LogP contribution in [0, 0.1) is 0 Å². The third-order valence-electron chi connectivity index (χ3n) is 5.73. The Labute approximate surface area is 190 Å². The summed E-state index contributed by atoms with van der Waals surface area (Å²) in [4.78, 5) is 33.8. The summed E-state index contributed by atoms with van der Waals surface area (Å²) in [5.41, 5.74) is 1.16. The second-order valence-corrected chi connectivity index (χ2v) is 7.88. The van der Waals surface area contributed by atoms with E-state index in [1.165, 1.54) is 6.07 Å². The number of pyridine rings is 1. The monoisotopic (exact) mass is 441 g/mol. The minimum atomic E-state index is -0.557. The molecule has 0 unspecified atom stereocenters. The minimum absolute atomic E-state index is 0.175. The number of aromatic nitrogens is 1. The lowest BCUT2D eigenvalue weighted by molar-refractivity contribution is 0.0748. The number of carbonyl (C=O) groups is 1. The first-order chi connectivity index (χ1) is 16.2. The summed E-state index contributed by atoms with van der Waals surface area (Å²) in [7, 11) is 0. The van der Waals surface area contributed by atoms with Gasteiger partial charge in [0.05, 0.1) is 5.56 Å². The highest BCUT2D eigenvalue weighted by Crippen LogP contribution is 2.25. The summed E-state index contributed by atoms with van der Waals surface area (Å²) in [5, 5.41) is 0.596. The number of anilines is 1. The number of rotatable bonds is 5. The molecule has 3 heterocycles. The molecule has 5 rings (SSSR count). The van der Waals surface area contributed by atoms with Crippen molar-refractivity contribution in [2.24, 2.45) is 0 Å². The topological polar surface area (TPSA) is 75.9 Å². The van der Waals surface area contributed by atoms with Gasteiger partial charge in [-0.05, 0) is 29.8 Å². The van der Waals surface area contributed by atoms with E-state index in [0.717, 1.165) is 11.4 Å². The molecule has 1 saturated heterocycles. The van der Waals surface area contributed by atoms with Crippen LogP contribution in [0.25, 0.3) is 11.0 Å². The zero-order valence-corrected chi connectivity index (χ0v) is 18.0. The first kappa shape index (κ1) is 20.8. The van der Waals surface area contributed by atoms with Gasteiger partial charge in [0.2, 0.25) is 0 Å². The number of amides is 1. The van der Waals surface area contributed by atoms with E-state index in [2.05, 4.69) is 9.88 Å². The maximum absolute atomic E-state index is 13.3. The first-order valence-electron chi connectivity index (χ1n) is 10.9. The SMILES string of the molecule is O=C(c1cc(=O)oc2cc(OCc3ccccc3)ccc12)N1CCN(c2ccccn2)CC1. The van der Waals surface area contributed by atoms with E-state index in [1.54, 1.807) is 29.3 Å². The number of carbonyl (C=O) groups excluding carboxylic acids is 1. The van der Waals surface area contributed by atoms with Crippen LogP contribution < -0.4 is 15.3 Å². The maximum atomic E-state index is 13.3. The van der Waals surface area contributed by atoms with Gasteiger partial charge in [-0.2, -0.15) is 0 Å². The Morgan fingerprint density at radius 3 is 2.48 bits per heavy atom. The standard InChI is InChI=1S/C26H23N3O4/c30-25-17-22(26(31)29-14-12-28(13-15-29)24-8-4-5-11-27-24)21-10-9-20(16-23(21)33-25)32-18-19-6-2-1-3-7-19/h1-11,16-17H,12-15,18H2. The lowest BCUT2D eigenvalue weighted by Crippen LogP contribution is -2.49. The van der Waals surface area contributed by atoms with E-state index in [9.17, 15) is 9.59 Å². The van der Waals surface area contributed by atoms with Crippen molar-refractivity contribution in [2.45, 2.75) is 6.61 Å². The lowest BCUT2D eigenvalue weighted by atomic mass is 10.1. The smallest absolute Gasteiger partial charge is 0.337 e. The fourth-order valence-electron chi connectivity index (χ4n) is 4.00. The summed E-state index contributed by atoms with van der Waals surface area (Å²) in [6, 6.07) is 22.1. The van der Waals surface area contributed by atoms with Crippen LogP contribution in [0.5, 0.6) is 5.75 Å². The van der Waals surface area contributed by atoms with Crippen LogP contribution >= 0.6 is 0 Å². The molecule has 0 saturated carbocycles. The average Bonchev–Trinajstić information content (AvgIpc) is 2.87. The lowest BCUT2D eigenvalue weighted by Gasteiger charge is -2.35. The van der Waals surface area contributed by atoms with E-state index in [4.69, 9.17) is 9.15 Å². The van der Waals surface area contributed by atoms with Gasteiger partial charge < -0.3 is 19.0 Å². The van der Waals surface area contributed by atoms with Crippen molar-refractivity contribution >= 4 is 22.7 Å². The quantitative estimate of drug-likeness (QED) is 0.440. The Kier molecular flexibility index (Phi) is 5.76. The van der Waals surface area contributed by atoms with Crippen LogP contribution in [0.4, 0.5) is 5.82 Å². The minimum Gasteiger partial charge on any atom is -0.489 e. The molecule has 1 fully saturated rings. The summed E-state index contributed by atoms with van der Waals surface area (Å²) in [6.45, 7) is 2.86. The van der Waals surface area contributed by atoms with Crippen molar-refractivity contribution in [1.29, 1.82) is 0 Å². The molecule has 0 aliphatic carbocycles. The maximum Gasteiger partial charge on any atom is 0.337 e. The summed E-state index contributed by atoms with van der Waals surface area (Å²) in [5.74, 6) is 1.30. The van der Waals surface area contributed by atoms with Crippen molar-refractivity contribution in [3.05, 3.63) is 101 Å². The van der Waals surface area contributed by atoms with Gasteiger partial charge in [0.15, 0.2) is 0 Å². The first-order valence-corrected chi connectivity index (χ1v) is 10.9. The molecule has 4 aromatic rings. The number of nitrogens with zero attached hydrogens (tertiary/aromatic N) is 3. The number of benzene rings is 2. The van der Waals surface area contributed by atoms with E-state index < -0.39 is 5.63 Å². The number of fused-ring (bicyclic) bond motifs is 1. The molecule has 1 aliphatic rings. The molecule has 166 valence electrons. The van der Waals surface area contributed by atoms with Crippen LogP contribution in [0.2, 0.25) is 0 Å². The van der Waals surface area contributed by atoms with Crippen molar-refractivity contribution in [2.75, 3.05) is 31.1 Å². The molecule has 0 bridgehead atoms. The van der Waals surface area contributed by atoms with Gasteiger partial charge in [-0.15, -0.1) is 0 Å². The van der Waals surface area contributed by atoms with Crippen molar-refractivity contribution in [3.63, 3.8) is 0 Å². The van der Waals surface area contributed by atoms with E-state index in [0.29, 0.717) is 55.1 Å². The number of hydrogen-bond acceptors (Lipinski definition) is 6. The average molecular weight is 441 g/mol. The van der Waals surface area contributed by atoms with Crippen molar-refractivity contribution in [1.82, 2.24) is 9.88 Å². The molecule has 1 amide bonds. The molecule has 2 aromatic heterocycles. The Balaban J connectivity index is 1.33. The highest BCUT2D eigenvalue weighted by atomic mass is 16.5. The zero-order valence-electron chi connectivity index (χ0n) is 18.0. The van der Waals surface area contributed by atoms with Crippen molar-refractivity contribution in [3.8, 4) is 5.75 Å². The highest BCUT2D eigenvalue weighted by molar-refractivity contribution is 6.05. The largest absolute Gasteiger partial charge is 0.489 e. The predicted octanol–water partition coefficient (Wildman–Crippen LogP) is 3.73. The molecular formula is C26H23N3O4. The Morgan fingerprint density at radius 2 is 1.73 bits per heavy atom. The van der Waals surface area contributed by atoms with Crippen LogP contribution in [-0.2, 0) is 6.61 Å². The molecule has 7 heteroatoms. The van der Waals surface area contributed by atoms with Gasteiger partial charge in [-0.1, -0.05) is 36.4 Å². The zero-order chi connectivity index (χ0) is 22.6. The predicted molar refractivity (Wildman–Crippen MR) is 126 cm³/mol. The third kappa shape index (κ3) is 4.57.